The maximum Gasteiger partial charge on any atom is 0.223 e. The average molecular weight is 158 g/mol. The van der Waals surface area contributed by atoms with Crippen molar-refractivity contribution in [2.24, 2.45) is 0 Å². The Kier molecular flexibility index (Phi) is 2.62. The number of anilines is 1. The first-order valence-electron chi connectivity index (χ1n) is 3.18. The molecule has 0 atom stereocenters. The summed E-state index contributed by atoms with van der Waals surface area (Å²) in [5, 5.41) is 4.59. The minimum Gasteiger partial charge on any atom is -0.368 e. The Balaban J connectivity index is 2.42. The second kappa shape index (κ2) is 3.51. The molecule has 0 amide bonds. The highest BCUT2D eigenvalue weighted by Gasteiger charge is 1.98. The van der Waals surface area contributed by atoms with E-state index in [4.69, 9.17) is 5.73 Å². The molecule has 0 fully saturated rings. The fourth-order valence-corrected chi connectivity index (χ4v) is 1.25. The first-order chi connectivity index (χ1) is 4.83. The molecule has 1 aromatic rings. The lowest BCUT2D eigenvalue weighted by atomic mass is 10.6. The molecule has 0 saturated heterocycles. The maximum atomic E-state index is 5.31. The van der Waals surface area contributed by atoms with E-state index in [-0.39, 0.29) is 0 Å². The van der Waals surface area contributed by atoms with Crippen molar-refractivity contribution in [2.45, 2.75) is 18.4 Å². The zero-order chi connectivity index (χ0) is 7.40. The van der Waals surface area contributed by atoms with Gasteiger partial charge < -0.3 is 10.3 Å². The summed E-state index contributed by atoms with van der Waals surface area (Å²) in [6.45, 7) is 2.12. The van der Waals surface area contributed by atoms with Crippen LogP contribution in [0.1, 0.15) is 13.3 Å². The smallest absolute Gasteiger partial charge is 0.223 e. The molecule has 0 aliphatic rings. The third-order valence-corrected chi connectivity index (χ3v) is 2.06. The van der Waals surface area contributed by atoms with Gasteiger partial charge in [-0.2, -0.15) is 0 Å². The lowest BCUT2D eigenvalue weighted by Gasteiger charge is -1.87. The average Bonchev–Trinajstić information content (AvgIpc) is 2.31. The van der Waals surface area contributed by atoms with E-state index in [9.17, 15) is 0 Å². The van der Waals surface area contributed by atoms with Crippen molar-refractivity contribution in [3.63, 3.8) is 0 Å². The van der Waals surface area contributed by atoms with Crippen molar-refractivity contribution in [2.75, 3.05) is 11.5 Å². The van der Waals surface area contributed by atoms with Crippen molar-refractivity contribution in [3.05, 3.63) is 6.07 Å². The molecular formula is C6H10N2OS. The van der Waals surface area contributed by atoms with Gasteiger partial charge in [-0.05, 0) is 12.2 Å². The number of nitrogen functional groups attached to an aromatic ring is 1. The molecule has 0 bridgehead atoms. The van der Waals surface area contributed by atoms with Gasteiger partial charge in [0.1, 0.15) is 5.03 Å². The minimum absolute atomic E-state index is 0.388. The van der Waals surface area contributed by atoms with Crippen molar-refractivity contribution in [3.8, 4) is 0 Å². The number of thioether (sulfide) groups is 1. The van der Waals surface area contributed by atoms with Crippen molar-refractivity contribution in [1.82, 2.24) is 5.16 Å². The van der Waals surface area contributed by atoms with Gasteiger partial charge in [-0.1, -0.05) is 12.1 Å². The minimum atomic E-state index is 0.388. The van der Waals surface area contributed by atoms with E-state index in [1.165, 1.54) is 0 Å². The third kappa shape index (κ3) is 1.95. The zero-order valence-corrected chi connectivity index (χ0v) is 6.65. The van der Waals surface area contributed by atoms with E-state index in [1.54, 1.807) is 17.8 Å². The summed E-state index contributed by atoms with van der Waals surface area (Å²) in [6, 6.07) is 1.74. The molecule has 0 saturated carbocycles. The number of nitrogens with zero attached hydrogens (tertiary/aromatic N) is 1. The molecule has 0 unspecified atom stereocenters. The molecule has 0 radical (unpaired) electrons. The van der Waals surface area contributed by atoms with E-state index in [1.807, 2.05) is 0 Å². The lowest BCUT2D eigenvalue weighted by molar-refractivity contribution is 0.419. The zero-order valence-electron chi connectivity index (χ0n) is 5.83. The topological polar surface area (TPSA) is 52.0 Å². The second-order valence-corrected chi connectivity index (χ2v) is 3.03. The molecular weight excluding hydrogens is 148 g/mol. The number of nitrogens with two attached hydrogens (primary N) is 1. The van der Waals surface area contributed by atoms with Gasteiger partial charge >= 0.3 is 0 Å². The van der Waals surface area contributed by atoms with Crippen LogP contribution in [0.5, 0.6) is 0 Å². The van der Waals surface area contributed by atoms with Gasteiger partial charge in [-0.25, -0.2) is 0 Å². The number of hydrogen-bond donors (Lipinski definition) is 1. The summed E-state index contributed by atoms with van der Waals surface area (Å²) in [7, 11) is 0. The Hall–Kier alpha value is -0.640. The molecule has 10 heavy (non-hydrogen) atoms. The SMILES string of the molecule is CCCSc1cc(N)on1. The standard InChI is InChI=1S/C6H10N2OS/c1-2-3-10-6-4-5(7)9-8-6/h4H,2-3,7H2,1H3. The molecule has 0 spiro atoms. The van der Waals surface area contributed by atoms with E-state index in [2.05, 4.69) is 16.6 Å². The summed E-state index contributed by atoms with van der Waals surface area (Å²) in [5.41, 5.74) is 5.31. The van der Waals surface area contributed by atoms with Crippen LogP contribution < -0.4 is 5.73 Å². The fraction of sp³-hybridized carbons (Fsp3) is 0.500. The monoisotopic (exact) mass is 158 g/mol. The highest BCUT2D eigenvalue weighted by atomic mass is 32.2. The Labute approximate surface area is 64.0 Å². The van der Waals surface area contributed by atoms with Gasteiger partial charge in [0.05, 0.1) is 0 Å². The normalized spacial score (nSPS) is 10.1. The van der Waals surface area contributed by atoms with Crippen LogP contribution in [-0.2, 0) is 0 Å². The van der Waals surface area contributed by atoms with Crippen LogP contribution in [-0.4, -0.2) is 10.9 Å². The predicted molar refractivity (Wildman–Crippen MR) is 41.9 cm³/mol. The first kappa shape index (κ1) is 7.47. The van der Waals surface area contributed by atoms with Crippen LogP contribution in [0.4, 0.5) is 5.88 Å². The van der Waals surface area contributed by atoms with Gasteiger partial charge in [0.2, 0.25) is 5.88 Å². The van der Waals surface area contributed by atoms with Gasteiger partial charge in [0, 0.05) is 6.07 Å². The largest absolute Gasteiger partial charge is 0.368 e. The number of hydrogen-bond acceptors (Lipinski definition) is 4. The van der Waals surface area contributed by atoms with Crippen molar-refractivity contribution in [1.29, 1.82) is 0 Å². The van der Waals surface area contributed by atoms with Gasteiger partial charge in [0.15, 0.2) is 0 Å². The Bertz CT molecular complexity index is 199. The van der Waals surface area contributed by atoms with E-state index in [0.717, 1.165) is 17.2 Å². The Morgan fingerprint density at radius 2 is 2.60 bits per heavy atom. The van der Waals surface area contributed by atoms with Crippen molar-refractivity contribution < 1.29 is 4.52 Å². The molecule has 1 aromatic heterocycles. The number of rotatable bonds is 3. The van der Waals surface area contributed by atoms with Gasteiger partial charge in [-0.15, -0.1) is 11.8 Å². The van der Waals surface area contributed by atoms with Crippen LogP contribution in [0.15, 0.2) is 15.6 Å². The summed E-state index contributed by atoms with van der Waals surface area (Å²) >= 11 is 1.66. The highest BCUT2D eigenvalue weighted by molar-refractivity contribution is 7.99. The molecule has 0 aliphatic carbocycles. The van der Waals surface area contributed by atoms with Crippen molar-refractivity contribution >= 4 is 17.6 Å². The van der Waals surface area contributed by atoms with Crippen LogP contribution in [0.2, 0.25) is 0 Å². The molecule has 0 aromatic carbocycles. The molecule has 2 N–H and O–H groups in total. The van der Waals surface area contributed by atoms with Crippen LogP contribution in [0.3, 0.4) is 0 Å². The van der Waals surface area contributed by atoms with Gasteiger partial charge in [-0.3, -0.25) is 0 Å². The Morgan fingerprint density at radius 3 is 3.10 bits per heavy atom. The van der Waals surface area contributed by atoms with E-state index >= 15 is 0 Å². The molecule has 4 heteroatoms. The van der Waals surface area contributed by atoms with Crippen LogP contribution >= 0.6 is 11.8 Å². The lowest BCUT2D eigenvalue weighted by Crippen LogP contribution is -1.76. The van der Waals surface area contributed by atoms with Gasteiger partial charge in [0.25, 0.3) is 0 Å². The van der Waals surface area contributed by atoms with Crippen LogP contribution in [0, 0.1) is 0 Å². The summed E-state index contributed by atoms with van der Waals surface area (Å²) in [5.74, 6) is 1.45. The second-order valence-electron chi connectivity index (χ2n) is 1.92. The highest BCUT2D eigenvalue weighted by Crippen LogP contribution is 2.18. The van der Waals surface area contributed by atoms with E-state index < -0.39 is 0 Å². The van der Waals surface area contributed by atoms with Crippen LogP contribution in [0.25, 0.3) is 0 Å². The number of aromatic nitrogens is 1. The first-order valence-corrected chi connectivity index (χ1v) is 4.16. The predicted octanol–water partition coefficient (Wildman–Crippen LogP) is 1.76. The quantitative estimate of drug-likeness (QED) is 0.681. The Morgan fingerprint density at radius 1 is 1.80 bits per heavy atom. The summed E-state index contributed by atoms with van der Waals surface area (Å²) in [4.78, 5) is 0. The fourth-order valence-electron chi connectivity index (χ4n) is 0.547. The summed E-state index contributed by atoms with van der Waals surface area (Å²) < 4.78 is 4.67. The molecule has 56 valence electrons. The molecule has 3 nitrogen and oxygen atoms in total. The maximum absolute atomic E-state index is 5.31. The van der Waals surface area contributed by atoms with E-state index in [0.29, 0.717) is 5.88 Å². The molecule has 1 rings (SSSR count). The third-order valence-electron chi connectivity index (χ3n) is 0.961. The molecule has 0 aliphatic heterocycles. The molecule has 1 heterocycles. The summed E-state index contributed by atoms with van der Waals surface area (Å²) in [6.07, 6.45) is 1.14.